The minimum absolute atomic E-state index is 0.250. The quantitative estimate of drug-likeness (QED) is 0.222. The largest absolute Gasteiger partial charge is 0.551 e. The number of ether oxygens (including phenoxy) is 1. The van der Waals surface area contributed by atoms with Crippen molar-refractivity contribution < 1.29 is 9.39 Å². The van der Waals surface area contributed by atoms with Crippen molar-refractivity contribution in [1.29, 1.82) is 0 Å². The molecule has 0 N–H and O–H groups in total. The molecule has 0 spiro atoms. The Morgan fingerprint density at radius 1 is 0.500 bits per heavy atom. The molecule has 0 bridgehead atoms. The average Bonchev–Trinajstić information content (AvgIpc) is 3.36. The number of fused-ring (bicyclic) bond motifs is 7. The van der Waals surface area contributed by atoms with Gasteiger partial charge in [-0.25, -0.2) is 0 Å². The van der Waals surface area contributed by atoms with Gasteiger partial charge in [0.25, 0.3) is 0 Å². The fourth-order valence-electron chi connectivity index (χ4n) is 6.49. The summed E-state index contributed by atoms with van der Waals surface area (Å²) in [7, 11) is 0. The number of rotatable bonds is 2. The molecule has 0 radical (unpaired) electrons. The van der Waals surface area contributed by atoms with Crippen molar-refractivity contribution in [2.45, 2.75) is 0 Å². The first-order valence-corrected chi connectivity index (χ1v) is 13.6. The van der Waals surface area contributed by atoms with E-state index in [1.54, 1.807) is 0 Å². The Kier molecular flexibility index (Phi) is 4.41. The minimum atomic E-state index is -0.250. The van der Waals surface area contributed by atoms with Crippen LogP contribution in [0.1, 0.15) is 0 Å². The van der Waals surface area contributed by atoms with Gasteiger partial charge < -0.3 is 14.0 Å². The molecule has 3 nitrogen and oxygen atoms in total. The molecule has 0 saturated carbocycles. The minimum Gasteiger partial charge on any atom is -0.551 e. The molecule has 40 heavy (non-hydrogen) atoms. The fraction of sp³-hybridized carbons (Fsp3) is 0. The van der Waals surface area contributed by atoms with E-state index in [1.165, 1.54) is 27.4 Å². The standard InChI is InChI=1S/C36H22BNO2/c1-2-9-23(10-3-1)24-17-20-33-30(21-24)37-36-29(13-8-16-34(36)39-33)28-19-18-25(22-35(28)40-37)38-31-14-6-4-11-26(31)27-12-5-7-15-32(27)38/h1-22H. The highest BCUT2D eigenvalue weighted by atomic mass is 16.5. The Morgan fingerprint density at radius 3 is 2.05 bits per heavy atom. The highest BCUT2D eigenvalue weighted by Gasteiger charge is 2.40. The predicted octanol–water partition coefficient (Wildman–Crippen LogP) is 7.72. The topological polar surface area (TPSA) is 23.4 Å². The molecule has 6 aromatic carbocycles. The van der Waals surface area contributed by atoms with Gasteiger partial charge >= 0.3 is 6.92 Å². The zero-order chi connectivity index (χ0) is 26.2. The van der Waals surface area contributed by atoms with Crippen molar-refractivity contribution >= 4 is 39.6 Å². The maximum atomic E-state index is 6.93. The second-order valence-corrected chi connectivity index (χ2v) is 10.5. The molecular weight excluding hydrogens is 489 g/mol. The van der Waals surface area contributed by atoms with Gasteiger partial charge in [0.2, 0.25) is 0 Å². The lowest BCUT2D eigenvalue weighted by Crippen LogP contribution is -2.53. The van der Waals surface area contributed by atoms with Crippen molar-refractivity contribution in [2.24, 2.45) is 0 Å². The lowest BCUT2D eigenvalue weighted by atomic mass is 9.50. The summed E-state index contributed by atoms with van der Waals surface area (Å²) in [5.74, 6) is 2.59. The van der Waals surface area contributed by atoms with Gasteiger partial charge in [-0.15, -0.1) is 0 Å². The molecule has 7 aromatic rings. The van der Waals surface area contributed by atoms with E-state index in [0.717, 1.165) is 50.6 Å². The average molecular weight is 511 g/mol. The molecule has 0 unspecified atom stereocenters. The van der Waals surface area contributed by atoms with Gasteiger partial charge in [0.05, 0.1) is 11.0 Å². The summed E-state index contributed by atoms with van der Waals surface area (Å²) in [5.41, 5.74) is 10.2. The van der Waals surface area contributed by atoms with Crippen LogP contribution in [0.25, 0.3) is 49.7 Å². The molecular formula is C36H22BNO2. The van der Waals surface area contributed by atoms with Crippen LogP contribution in [0.5, 0.6) is 17.2 Å². The maximum Gasteiger partial charge on any atom is 0.434 e. The molecule has 2 aliphatic heterocycles. The summed E-state index contributed by atoms with van der Waals surface area (Å²) in [6.45, 7) is -0.250. The van der Waals surface area contributed by atoms with Gasteiger partial charge in [-0.3, -0.25) is 0 Å². The smallest absolute Gasteiger partial charge is 0.434 e. The Hall–Kier alpha value is -5.22. The van der Waals surface area contributed by atoms with Crippen LogP contribution in [-0.4, -0.2) is 11.5 Å². The molecule has 1 aromatic heterocycles. The van der Waals surface area contributed by atoms with Crippen LogP contribution >= 0.6 is 0 Å². The van der Waals surface area contributed by atoms with E-state index in [-0.39, 0.29) is 6.92 Å². The number of hydrogen-bond acceptors (Lipinski definition) is 2. The fourth-order valence-corrected chi connectivity index (χ4v) is 6.49. The predicted molar refractivity (Wildman–Crippen MR) is 164 cm³/mol. The first kappa shape index (κ1) is 21.7. The van der Waals surface area contributed by atoms with E-state index in [2.05, 4.69) is 126 Å². The Morgan fingerprint density at radius 2 is 1.25 bits per heavy atom. The summed E-state index contributed by atoms with van der Waals surface area (Å²) < 4.78 is 15.7. The lowest BCUT2D eigenvalue weighted by Gasteiger charge is -2.33. The number of aromatic nitrogens is 1. The third kappa shape index (κ3) is 3.02. The second-order valence-electron chi connectivity index (χ2n) is 10.5. The molecule has 0 fully saturated rings. The zero-order valence-electron chi connectivity index (χ0n) is 21.5. The normalized spacial score (nSPS) is 12.8. The van der Waals surface area contributed by atoms with Crippen molar-refractivity contribution in [2.75, 3.05) is 0 Å². The van der Waals surface area contributed by atoms with Crippen LogP contribution in [0.3, 0.4) is 0 Å². The Labute approximate surface area is 232 Å². The summed E-state index contributed by atoms with van der Waals surface area (Å²) in [6, 6.07) is 47.0. The van der Waals surface area contributed by atoms with Gasteiger partial charge in [-0.2, -0.15) is 0 Å². The van der Waals surface area contributed by atoms with Crippen molar-refractivity contribution in [3.63, 3.8) is 0 Å². The molecule has 186 valence electrons. The second kappa shape index (κ2) is 8.14. The van der Waals surface area contributed by atoms with Crippen LogP contribution in [-0.2, 0) is 0 Å². The number of hydrogen-bond donors (Lipinski definition) is 0. The molecule has 0 atom stereocenters. The van der Waals surface area contributed by atoms with E-state index in [4.69, 9.17) is 9.39 Å². The first-order chi connectivity index (χ1) is 19.8. The van der Waals surface area contributed by atoms with Crippen LogP contribution < -0.4 is 20.3 Å². The van der Waals surface area contributed by atoms with Crippen molar-refractivity contribution in [3.8, 4) is 45.2 Å². The van der Waals surface area contributed by atoms with Gasteiger partial charge in [0, 0.05) is 39.0 Å². The lowest BCUT2D eigenvalue weighted by molar-refractivity contribution is 0.479. The summed E-state index contributed by atoms with van der Waals surface area (Å²) in [4.78, 5) is 0. The Bertz CT molecular complexity index is 2080. The van der Waals surface area contributed by atoms with E-state index in [1.807, 2.05) is 12.1 Å². The molecule has 0 aliphatic carbocycles. The van der Waals surface area contributed by atoms with Crippen molar-refractivity contribution in [3.05, 3.63) is 133 Å². The first-order valence-electron chi connectivity index (χ1n) is 13.6. The Balaban J connectivity index is 1.24. The number of nitrogens with zero attached hydrogens (tertiary/aromatic N) is 1. The molecule has 4 heteroatoms. The van der Waals surface area contributed by atoms with Gasteiger partial charge in [-0.1, -0.05) is 91.0 Å². The van der Waals surface area contributed by atoms with Crippen LogP contribution in [0.15, 0.2) is 133 Å². The van der Waals surface area contributed by atoms with Crippen LogP contribution in [0, 0.1) is 0 Å². The monoisotopic (exact) mass is 511 g/mol. The number of benzene rings is 6. The van der Waals surface area contributed by atoms with E-state index >= 15 is 0 Å². The molecule has 0 amide bonds. The highest BCUT2D eigenvalue weighted by Crippen LogP contribution is 2.41. The summed E-state index contributed by atoms with van der Waals surface area (Å²) in [5, 5.41) is 2.50. The highest BCUT2D eigenvalue weighted by molar-refractivity contribution is 6.84. The van der Waals surface area contributed by atoms with Gasteiger partial charge in [0.15, 0.2) is 0 Å². The summed E-state index contributed by atoms with van der Waals surface area (Å²) in [6.07, 6.45) is 0. The maximum absolute atomic E-state index is 6.93. The summed E-state index contributed by atoms with van der Waals surface area (Å²) >= 11 is 0. The van der Waals surface area contributed by atoms with E-state index in [9.17, 15) is 0 Å². The van der Waals surface area contributed by atoms with E-state index < -0.39 is 0 Å². The molecule has 2 aliphatic rings. The molecule has 3 heterocycles. The van der Waals surface area contributed by atoms with Gasteiger partial charge in [-0.05, 0) is 53.1 Å². The molecule has 9 rings (SSSR count). The zero-order valence-corrected chi connectivity index (χ0v) is 21.5. The third-order valence-electron chi connectivity index (χ3n) is 8.29. The SMILES string of the molecule is c1ccc(-c2ccc3c(c2)B2Oc4cc(-n5c6ccccc6c6ccccc65)ccc4-c4cccc(c42)O3)cc1. The van der Waals surface area contributed by atoms with E-state index in [0.29, 0.717) is 0 Å². The van der Waals surface area contributed by atoms with Crippen LogP contribution in [0.2, 0.25) is 0 Å². The molecule has 0 saturated heterocycles. The number of para-hydroxylation sites is 2. The third-order valence-corrected chi connectivity index (χ3v) is 8.29. The van der Waals surface area contributed by atoms with Crippen LogP contribution in [0.4, 0.5) is 0 Å². The van der Waals surface area contributed by atoms with Gasteiger partial charge in [0.1, 0.15) is 17.2 Å². The van der Waals surface area contributed by atoms with Crippen molar-refractivity contribution in [1.82, 2.24) is 4.57 Å².